The fourth-order valence-electron chi connectivity index (χ4n) is 2.93. The molecule has 2 aromatic heterocycles. The van der Waals surface area contributed by atoms with Gasteiger partial charge in [-0.05, 0) is 32.9 Å². The summed E-state index contributed by atoms with van der Waals surface area (Å²) in [5.41, 5.74) is 0.925. The van der Waals surface area contributed by atoms with Gasteiger partial charge in [-0.1, -0.05) is 0 Å². The first-order chi connectivity index (χ1) is 10.2. The van der Waals surface area contributed by atoms with Gasteiger partial charge in [0, 0.05) is 19.0 Å². The van der Waals surface area contributed by atoms with E-state index in [0.717, 1.165) is 24.4 Å². The minimum atomic E-state index is -0.156. The molecular formula is C15H19N3O3. The van der Waals surface area contributed by atoms with Crippen molar-refractivity contribution in [3.05, 3.63) is 24.0 Å². The van der Waals surface area contributed by atoms with Gasteiger partial charge < -0.3 is 18.5 Å². The molecule has 4 rings (SSSR count). The third-order valence-corrected chi connectivity index (χ3v) is 4.03. The summed E-state index contributed by atoms with van der Waals surface area (Å²) in [6.07, 6.45) is 4.06. The molecule has 2 aromatic rings. The van der Waals surface area contributed by atoms with Crippen molar-refractivity contribution in [3.8, 4) is 11.5 Å². The Morgan fingerprint density at radius 1 is 1.24 bits per heavy atom. The molecule has 1 saturated carbocycles. The van der Waals surface area contributed by atoms with Gasteiger partial charge in [0.05, 0.1) is 17.9 Å². The predicted octanol–water partition coefficient (Wildman–Crippen LogP) is 2.60. The van der Waals surface area contributed by atoms with Crippen LogP contribution in [-0.2, 0) is 4.74 Å². The van der Waals surface area contributed by atoms with E-state index in [1.165, 1.54) is 12.8 Å². The minimum Gasteiger partial charge on any atom is -0.468 e. The molecule has 0 aromatic carbocycles. The van der Waals surface area contributed by atoms with E-state index in [1.54, 1.807) is 6.26 Å². The van der Waals surface area contributed by atoms with Gasteiger partial charge in [0.25, 0.3) is 5.89 Å². The number of rotatable bonds is 3. The molecule has 112 valence electrons. The molecule has 6 nitrogen and oxygen atoms in total. The average Bonchev–Trinajstić information content (AvgIpc) is 3.00. The van der Waals surface area contributed by atoms with Crippen molar-refractivity contribution in [2.45, 2.75) is 37.9 Å². The summed E-state index contributed by atoms with van der Waals surface area (Å²) in [6.45, 7) is 3.75. The topological polar surface area (TPSA) is 64.5 Å². The summed E-state index contributed by atoms with van der Waals surface area (Å²) in [5.74, 6) is 2.57. The summed E-state index contributed by atoms with van der Waals surface area (Å²) >= 11 is 0. The molecule has 2 atom stereocenters. The average molecular weight is 289 g/mol. The highest BCUT2D eigenvalue weighted by Crippen LogP contribution is 2.44. The third-order valence-electron chi connectivity index (χ3n) is 4.03. The SMILES string of the molecule is C[C@@H]1CN(C)C[C@H](c2nnc(-c3ccoc3C3CC3)o2)O1. The normalized spacial score (nSPS) is 27.1. The highest BCUT2D eigenvalue weighted by molar-refractivity contribution is 5.56. The molecule has 0 radical (unpaired) electrons. The van der Waals surface area contributed by atoms with Crippen LogP contribution in [0.15, 0.2) is 21.2 Å². The second-order valence-electron chi connectivity index (χ2n) is 6.07. The van der Waals surface area contributed by atoms with Gasteiger partial charge >= 0.3 is 0 Å². The van der Waals surface area contributed by atoms with Crippen molar-refractivity contribution in [3.63, 3.8) is 0 Å². The van der Waals surface area contributed by atoms with Gasteiger partial charge in [0.2, 0.25) is 5.89 Å². The molecule has 0 amide bonds. The molecule has 1 aliphatic carbocycles. The van der Waals surface area contributed by atoms with E-state index in [-0.39, 0.29) is 12.2 Å². The van der Waals surface area contributed by atoms with Crippen molar-refractivity contribution in [2.75, 3.05) is 20.1 Å². The smallest absolute Gasteiger partial charge is 0.251 e. The zero-order valence-corrected chi connectivity index (χ0v) is 12.3. The Morgan fingerprint density at radius 2 is 2.10 bits per heavy atom. The molecule has 2 aliphatic rings. The van der Waals surface area contributed by atoms with Crippen LogP contribution in [0.4, 0.5) is 0 Å². The van der Waals surface area contributed by atoms with Crippen LogP contribution in [0.3, 0.4) is 0 Å². The van der Waals surface area contributed by atoms with Crippen LogP contribution < -0.4 is 0 Å². The lowest BCUT2D eigenvalue weighted by Gasteiger charge is -2.32. The molecule has 21 heavy (non-hydrogen) atoms. The Morgan fingerprint density at radius 3 is 2.86 bits per heavy atom. The standard InChI is InChI=1S/C15H19N3O3/c1-9-7-18(2)8-12(20-9)15-17-16-14(21-15)11-5-6-19-13(11)10-3-4-10/h5-6,9-10,12H,3-4,7-8H2,1-2H3/t9-,12-/m1/s1. The number of morpholine rings is 1. The van der Waals surface area contributed by atoms with Crippen LogP contribution >= 0.6 is 0 Å². The van der Waals surface area contributed by atoms with Crippen molar-refractivity contribution in [1.82, 2.24) is 15.1 Å². The van der Waals surface area contributed by atoms with Crippen LogP contribution in [0.2, 0.25) is 0 Å². The number of ether oxygens (including phenoxy) is 1. The van der Waals surface area contributed by atoms with Crippen LogP contribution in [0.25, 0.3) is 11.5 Å². The third kappa shape index (κ3) is 2.49. The number of aromatic nitrogens is 2. The van der Waals surface area contributed by atoms with E-state index < -0.39 is 0 Å². The summed E-state index contributed by atoms with van der Waals surface area (Å²) in [4.78, 5) is 2.22. The van der Waals surface area contributed by atoms with E-state index in [0.29, 0.717) is 17.7 Å². The second-order valence-corrected chi connectivity index (χ2v) is 6.07. The number of hydrogen-bond acceptors (Lipinski definition) is 6. The molecule has 2 fully saturated rings. The Kier molecular flexibility index (Phi) is 3.08. The maximum Gasteiger partial charge on any atom is 0.251 e. The number of likely N-dealkylation sites (N-methyl/N-ethyl adjacent to an activating group) is 1. The molecular weight excluding hydrogens is 270 g/mol. The first-order valence-corrected chi connectivity index (χ1v) is 7.46. The quantitative estimate of drug-likeness (QED) is 0.865. The Balaban J connectivity index is 1.59. The first-order valence-electron chi connectivity index (χ1n) is 7.46. The van der Waals surface area contributed by atoms with Crippen LogP contribution in [0.1, 0.15) is 43.4 Å². The van der Waals surface area contributed by atoms with E-state index in [1.807, 2.05) is 6.07 Å². The van der Waals surface area contributed by atoms with Gasteiger partial charge in [-0.15, -0.1) is 10.2 Å². The van der Waals surface area contributed by atoms with Gasteiger partial charge in [0.15, 0.2) is 0 Å². The zero-order chi connectivity index (χ0) is 14.4. The van der Waals surface area contributed by atoms with Crippen molar-refractivity contribution >= 4 is 0 Å². The Bertz CT molecular complexity index is 622. The minimum absolute atomic E-state index is 0.156. The summed E-state index contributed by atoms with van der Waals surface area (Å²) in [7, 11) is 2.07. The first kappa shape index (κ1) is 13.0. The van der Waals surface area contributed by atoms with Crippen LogP contribution in [0.5, 0.6) is 0 Å². The fraction of sp³-hybridized carbons (Fsp3) is 0.600. The second kappa shape index (κ2) is 4.96. The largest absolute Gasteiger partial charge is 0.468 e. The number of furan rings is 1. The lowest BCUT2D eigenvalue weighted by molar-refractivity contribution is -0.0821. The van der Waals surface area contributed by atoms with E-state index in [4.69, 9.17) is 13.6 Å². The van der Waals surface area contributed by atoms with Gasteiger partial charge in [-0.25, -0.2) is 0 Å². The molecule has 0 unspecified atom stereocenters. The van der Waals surface area contributed by atoms with Crippen molar-refractivity contribution in [1.29, 1.82) is 0 Å². The molecule has 0 N–H and O–H groups in total. The van der Waals surface area contributed by atoms with Gasteiger partial charge in [-0.3, -0.25) is 0 Å². The molecule has 0 bridgehead atoms. The lowest BCUT2D eigenvalue weighted by atomic mass is 10.2. The molecule has 6 heteroatoms. The number of nitrogens with zero attached hydrogens (tertiary/aromatic N) is 3. The van der Waals surface area contributed by atoms with E-state index in [2.05, 4.69) is 29.1 Å². The summed E-state index contributed by atoms with van der Waals surface area (Å²) in [5, 5.41) is 8.36. The summed E-state index contributed by atoms with van der Waals surface area (Å²) in [6, 6.07) is 1.90. The predicted molar refractivity (Wildman–Crippen MR) is 74.8 cm³/mol. The maximum absolute atomic E-state index is 5.90. The van der Waals surface area contributed by atoms with Gasteiger partial charge in [-0.2, -0.15) is 0 Å². The van der Waals surface area contributed by atoms with Crippen LogP contribution in [0, 0.1) is 0 Å². The highest BCUT2D eigenvalue weighted by Gasteiger charge is 2.33. The lowest BCUT2D eigenvalue weighted by Crippen LogP contribution is -2.40. The zero-order valence-electron chi connectivity index (χ0n) is 12.3. The molecule has 1 saturated heterocycles. The number of hydrogen-bond donors (Lipinski definition) is 0. The Hall–Kier alpha value is -1.66. The summed E-state index contributed by atoms with van der Waals surface area (Å²) < 4.78 is 17.3. The monoisotopic (exact) mass is 289 g/mol. The Labute approximate surface area is 123 Å². The van der Waals surface area contributed by atoms with Crippen molar-refractivity contribution in [2.24, 2.45) is 0 Å². The molecule has 3 heterocycles. The molecule has 1 aliphatic heterocycles. The maximum atomic E-state index is 5.90. The highest BCUT2D eigenvalue weighted by atomic mass is 16.5. The van der Waals surface area contributed by atoms with Crippen molar-refractivity contribution < 1.29 is 13.6 Å². The fourth-order valence-corrected chi connectivity index (χ4v) is 2.93. The van der Waals surface area contributed by atoms with Gasteiger partial charge in [0.1, 0.15) is 11.9 Å². The van der Waals surface area contributed by atoms with Crippen LogP contribution in [-0.4, -0.2) is 41.3 Å². The van der Waals surface area contributed by atoms with E-state index >= 15 is 0 Å². The van der Waals surface area contributed by atoms with E-state index in [9.17, 15) is 0 Å². The molecule has 0 spiro atoms.